The topological polar surface area (TPSA) is 56.6 Å². The number of fused-ring (bicyclic) bond motifs is 1. The van der Waals surface area contributed by atoms with Gasteiger partial charge in [-0.1, -0.05) is 15.9 Å². The van der Waals surface area contributed by atoms with Crippen molar-refractivity contribution in [2.24, 2.45) is 7.05 Å². The van der Waals surface area contributed by atoms with E-state index in [2.05, 4.69) is 21.0 Å². The second kappa shape index (κ2) is 6.26. The fourth-order valence-electron chi connectivity index (χ4n) is 2.55. The van der Waals surface area contributed by atoms with E-state index >= 15 is 0 Å². The molecule has 1 fully saturated rings. The van der Waals surface area contributed by atoms with Gasteiger partial charge in [-0.25, -0.2) is 0 Å². The molecule has 7 heteroatoms. The minimum atomic E-state index is -0.574. The summed E-state index contributed by atoms with van der Waals surface area (Å²) in [7, 11) is 1.86. The molecule has 2 aromatic rings. The van der Waals surface area contributed by atoms with Crippen molar-refractivity contribution in [3.8, 4) is 5.88 Å². The molecule has 22 heavy (non-hydrogen) atoms. The molecule has 2 heterocycles. The van der Waals surface area contributed by atoms with Crippen molar-refractivity contribution >= 4 is 32.7 Å². The highest BCUT2D eigenvalue weighted by atomic mass is 79.9. The second-order valence-corrected chi connectivity index (χ2v) is 6.20. The van der Waals surface area contributed by atoms with Gasteiger partial charge in [0.2, 0.25) is 5.88 Å². The summed E-state index contributed by atoms with van der Waals surface area (Å²) in [5.74, 6) is 0.449. The molecule has 1 aromatic heterocycles. The van der Waals surface area contributed by atoms with Crippen LogP contribution in [0, 0.1) is 0 Å². The Morgan fingerprint density at radius 3 is 2.86 bits per heavy atom. The summed E-state index contributed by atoms with van der Waals surface area (Å²) in [5, 5.41) is 5.26. The van der Waals surface area contributed by atoms with Gasteiger partial charge in [-0.3, -0.25) is 9.48 Å². The molecule has 1 aliphatic heterocycles. The zero-order chi connectivity index (χ0) is 15.7. The average Bonchev–Trinajstić information content (AvgIpc) is 2.83. The zero-order valence-corrected chi connectivity index (χ0v) is 14.2. The number of carbonyl (C=O) groups excluding carboxylic acids is 1. The van der Waals surface area contributed by atoms with Crippen LogP contribution in [0.15, 0.2) is 22.7 Å². The van der Waals surface area contributed by atoms with Gasteiger partial charge in [0.05, 0.1) is 24.1 Å². The number of halogens is 1. The number of hydrogen-bond donors (Lipinski definition) is 0. The Labute approximate surface area is 137 Å². The first kappa shape index (κ1) is 15.3. The molecule has 1 amide bonds. The standard InChI is InChI=1S/C15H18BrN3O3/c1-10(15(20)19-5-7-21-8-6-19)22-14-12-9-11(16)3-4-13(12)18(2)17-14/h3-4,9-10H,5-8H2,1-2H3. The Kier molecular flexibility index (Phi) is 4.35. The lowest BCUT2D eigenvalue weighted by Gasteiger charge is -2.29. The van der Waals surface area contributed by atoms with Crippen molar-refractivity contribution in [3.05, 3.63) is 22.7 Å². The number of aryl methyl sites for hydroxylation is 1. The van der Waals surface area contributed by atoms with Crippen molar-refractivity contribution in [3.63, 3.8) is 0 Å². The van der Waals surface area contributed by atoms with E-state index in [9.17, 15) is 4.79 Å². The normalized spacial score (nSPS) is 16.8. The number of morpholine rings is 1. The van der Waals surface area contributed by atoms with E-state index in [4.69, 9.17) is 9.47 Å². The number of ether oxygens (including phenoxy) is 2. The second-order valence-electron chi connectivity index (χ2n) is 5.29. The molecular formula is C15H18BrN3O3. The van der Waals surface area contributed by atoms with Gasteiger partial charge in [0.1, 0.15) is 0 Å². The lowest BCUT2D eigenvalue weighted by Crippen LogP contribution is -2.46. The fraction of sp³-hybridized carbons (Fsp3) is 0.467. The average molecular weight is 368 g/mol. The smallest absolute Gasteiger partial charge is 0.263 e. The number of benzene rings is 1. The van der Waals surface area contributed by atoms with E-state index in [1.54, 1.807) is 16.5 Å². The van der Waals surface area contributed by atoms with Crippen molar-refractivity contribution in [2.75, 3.05) is 26.3 Å². The van der Waals surface area contributed by atoms with Crippen LogP contribution in [0.3, 0.4) is 0 Å². The molecule has 1 unspecified atom stereocenters. The molecule has 3 rings (SSSR count). The van der Waals surface area contributed by atoms with Gasteiger partial charge in [-0.15, -0.1) is 5.10 Å². The highest BCUT2D eigenvalue weighted by molar-refractivity contribution is 9.10. The van der Waals surface area contributed by atoms with E-state index in [-0.39, 0.29) is 5.91 Å². The number of carbonyl (C=O) groups is 1. The summed E-state index contributed by atoms with van der Waals surface area (Å²) < 4.78 is 13.8. The van der Waals surface area contributed by atoms with Gasteiger partial charge in [-0.05, 0) is 25.1 Å². The summed E-state index contributed by atoms with van der Waals surface area (Å²) in [6.07, 6.45) is -0.574. The lowest BCUT2D eigenvalue weighted by atomic mass is 10.2. The highest BCUT2D eigenvalue weighted by Gasteiger charge is 2.25. The van der Waals surface area contributed by atoms with Crippen molar-refractivity contribution < 1.29 is 14.3 Å². The third-order valence-corrected chi connectivity index (χ3v) is 4.23. The third-order valence-electron chi connectivity index (χ3n) is 3.74. The summed E-state index contributed by atoms with van der Waals surface area (Å²) in [6, 6.07) is 5.87. The zero-order valence-electron chi connectivity index (χ0n) is 12.6. The lowest BCUT2D eigenvalue weighted by molar-refractivity contribution is -0.142. The number of nitrogens with zero attached hydrogens (tertiary/aromatic N) is 3. The summed E-state index contributed by atoms with van der Waals surface area (Å²) in [5.41, 5.74) is 0.962. The van der Waals surface area contributed by atoms with E-state index in [0.29, 0.717) is 32.2 Å². The molecule has 1 atom stereocenters. The molecular weight excluding hydrogens is 350 g/mol. The Balaban J connectivity index is 1.80. The maximum atomic E-state index is 12.4. The van der Waals surface area contributed by atoms with Crippen molar-refractivity contribution in [1.29, 1.82) is 0 Å². The van der Waals surface area contributed by atoms with Gasteiger partial charge in [0, 0.05) is 24.6 Å². The minimum Gasteiger partial charge on any atom is -0.463 e. The summed E-state index contributed by atoms with van der Waals surface area (Å²) in [6.45, 7) is 4.15. The largest absolute Gasteiger partial charge is 0.463 e. The fourth-order valence-corrected chi connectivity index (χ4v) is 2.91. The van der Waals surface area contributed by atoms with Gasteiger partial charge in [0.15, 0.2) is 6.10 Å². The first-order valence-electron chi connectivity index (χ1n) is 7.21. The maximum absolute atomic E-state index is 12.4. The van der Waals surface area contributed by atoms with Crippen LogP contribution in [0.2, 0.25) is 0 Å². The Morgan fingerprint density at radius 2 is 2.14 bits per heavy atom. The molecule has 1 aromatic carbocycles. The molecule has 1 aliphatic rings. The summed E-state index contributed by atoms with van der Waals surface area (Å²) >= 11 is 3.45. The Bertz CT molecular complexity index is 695. The Hall–Kier alpha value is -1.60. The van der Waals surface area contributed by atoms with Crippen LogP contribution in [0.25, 0.3) is 10.9 Å². The molecule has 0 spiro atoms. The Morgan fingerprint density at radius 1 is 1.41 bits per heavy atom. The SMILES string of the molecule is CC(Oc1nn(C)c2ccc(Br)cc12)C(=O)N1CCOCC1. The minimum absolute atomic E-state index is 0.0305. The number of aromatic nitrogens is 2. The van der Waals surface area contributed by atoms with E-state index < -0.39 is 6.10 Å². The molecule has 0 radical (unpaired) electrons. The number of hydrogen-bond acceptors (Lipinski definition) is 4. The van der Waals surface area contributed by atoms with Crippen LogP contribution in [0.4, 0.5) is 0 Å². The van der Waals surface area contributed by atoms with E-state index in [1.165, 1.54) is 0 Å². The van der Waals surface area contributed by atoms with Crippen LogP contribution in [0.5, 0.6) is 5.88 Å². The van der Waals surface area contributed by atoms with E-state index in [1.807, 2.05) is 25.2 Å². The van der Waals surface area contributed by atoms with Crippen LogP contribution in [-0.2, 0) is 16.6 Å². The first-order chi connectivity index (χ1) is 10.6. The quantitative estimate of drug-likeness (QED) is 0.831. The van der Waals surface area contributed by atoms with Crippen LogP contribution in [0.1, 0.15) is 6.92 Å². The van der Waals surface area contributed by atoms with Crippen molar-refractivity contribution in [1.82, 2.24) is 14.7 Å². The van der Waals surface area contributed by atoms with Gasteiger partial charge in [-0.2, -0.15) is 0 Å². The molecule has 0 N–H and O–H groups in total. The molecule has 0 bridgehead atoms. The van der Waals surface area contributed by atoms with Gasteiger partial charge < -0.3 is 14.4 Å². The summed E-state index contributed by atoms with van der Waals surface area (Å²) in [4.78, 5) is 14.2. The molecule has 0 saturated carbocycles. The predicted molar refractivity (Wildman–Crippen MR) is 85.9 cm³/mol. The number of rotatable bonds is 3. The van der Waals surface area contributed by atoms with Gasteiger partial charge in [0.25, 0.3) is 5.91 Å². The van der Waals surface area contributed by atoms with Gasteiger partial charge >= 0.3 is 0 Å². The van der Waals surface area contributed by atoms with E-state index in [0.717, 1.165) is 15.4 Å². The third kappa shape index (κ3) is 2.96. The molecule has 118 valence electrons. The number of amides is 1. The maximum Gasteiger partial charge on any atom is 0.263 e. The van der Waals surface area contributed by atoms with Crippen LogP contribution >= 0.6 is 15.9 Å². The predicted octanol–water partition coefficient (Wildman–Crippen LogP) is 1.96. The highest BCUT2D eigenvalue weighted by Crippen LogP contribution is 2.28. The molecule has 0 aliphatic carbocycles. The van der Waals surface area contributed by atoms with Crippen LogP contribution < -0.4 is 4.74 Å². The van der Waals surface area contributed by atoms with Crippen molar-refractivity contribution in [2.45, 2.75) is 13.0 Å². The monoisotopic (exact) mass is 367 g/mol. The molecule has 1 saturated heterocycles. The molecule has 6 nitrogen and oxygen atoms in total. The first-order valence-corrected chi connectivity index (χ1v) is 8.01. The van der Waals surface area contributed by atoms with Crippen LogP contribution in [-0.4, -0.2) is 53.0 Å².